The molecule has 1 aliphatic rings. The van der Waals surface area contributed by atoms with Crippen LogP contribution in [0.15, 0.2) is 15.9 Å². The largest absolute Gasteiger partial charge is 0.294 e. The van der Waals surface area contributed by atoms with Crippen LogP contribution in [0.25, 0.3) is 0 Å². The van der Waals surface area contributed by atoms with Crippen molar-refractivity contribution in [1.82, 2.24) is 4.90 Å². The second kappa shape index (κ2) is 4.97. The average molecular weight is 295 g/mol. The molecule has 0 bridgehead atoms. The van der Waals surface area contributed by atoms with Gasteiger partial charge in [0.15, 0.2) is 0 Å². The number of rotatable bonds is 5. The smallest absolute Gasteiger partial charge is 0.0351 e. The molecule has 0 aliphatic heterocycles. The van der Waals surface area contributed by atoms with E-state index in [-0.39, 0.29) is 0 Å². The summed E-state index contributed by atoms with van der Waals surface area (Å²) < 4.78 is 1.24. The molecule has 0 amide bonds. The Balaban J connectivity index is 1.96. The van der Waals surface area contributed by atoms with E-state index in [1.54, 1.807) is 0 Å². The van der Waals surface area contributed by atoms with Crippen molar-refractivity contribution in [2.75, 3.05) is 12.4 Å². The topological polar surface area (TPSA) is 3.24 Å². The van der Waals surface area contributed by atoms with Gasteiger partial charge in [0.25, 0.3) is 0 Å². The van der Waals surface area contributed by atoms with E-state index in [0.29, 0.717) is 0 Å². The van der Waals surface area contributed by atoms with Crippen molar-refractivity contribution in [2.45, 2.75) is 25.4 Å². The van der Waals surface area contributed by atoms with E-state index < -0.39 is 0 Å². The van der Waals surface area contributed by atoms with Gasteiger partial charge in [-0.2, -0.15) is 0 Å². The number of hydrogen-bond acceptors (Lipinski definition) is 2. The van der Waals surface area contributed by atoms with Gasteiger partial charge in [0.05, 0.1) is 0 Å². The van der Waals surface area contributed by atoms with Crippen molar-refractivity contribution < 1.29 is 0 Å². The number of alkyl halides is 1. The number of nitrogens with zero attached hydrogens (tertiary/aromatic N) is 1. The highest BCUT2D eigenvalue weighted by molar-refractivity contribution is 9.10. The maximum absolute atomic E-state index is 5.80. The van der Waals surface area contributed by atoms with Gasteiger partial charge in [0.1, 0.15) is 0 Å². The van der Waals surface area contributed by atoms with Crippen LogP contribution < -0.4 is 0 Å². The van der Waals surface area contributed by atoms with E-state index in [9.17, 15) is 0 Å². The Morgan fingerprint density at radius 1 is 1.57 bits per heavy atom. The molecule has 78 valence electrons. The van der Waals surface area contributed by atoms with E-state index in [4.69, 9.17) is 11.6 Å². The summed E-state index contributed by atoms with van der Waals surface area (Å²) in [6.07, 6.45) is 2.69. The fourth-order valence-corrected chi connectivity index (χ4v) is 3.28. The highest BCUT2D eigenvalue weighted by Crippen LogP contribution is 2.31. The van der Waals surface area contributed by atoms with Crippen molar-refractivity contribution in [3.63, 3.8) is 0 Å². The van der Waals surface area contributed by atoms with Crippen LogP contribution in [0.2, 0.25) is 0 Å². The van der Waals surface area contributed by atoms with Crippen molar-refractivity contribution in [2.24, 2.45) is 0 Å². The molecule has 4 heteroatoms. The Hall–Kier alpha value is 0.430. The maximum atomic E-state index is 5.80. The summed E-state index contributed by atoms with van der Waals surface area (Å²) >= 11 is 11.2. The normalized spacial score (nSPS) is 16.5. The zero-order valence-electron chi connectivity index (χ0n) is 7.88. The van der Waals surface area contributed by atoms with Crippen molar-refractivity contribution in [3.8, 4) is 0 Å². The third-order valence-electron chi connectivity index (χ3n) is 2.47. The Labute approximate surface area is 102 Å². The van der Waals surface area contributed by atoms with Crippen molar-refractivity contribution in [1.29, 1.82) is 0 Å². The van der Waals surface area contributed by atoms with Crippen LogP contribution in [-0.2, 0) is 6.54 Å². The minimum absolute atomic E-state index is 0.736. The van der Waals surface area contributed by atoms with Gasteiger partial charge < -0.3 is 0 Å². The SMILES string of the molecule is ClCCN(Cc1sccc1Br)C1CC1. The van der Waals surface area contributed by atoms with Gasteiger partial charge in [0.2, 0.25) is 0 Å². The second-order valence-electron chi connectivity index (χ2n) is 3.58. The molecule has 1 saturated carbocycles. The van der Waals surface area contributed by atoms with Crippen LogP contribution in [0, 0.1) is 0 Å². The van der Waals surface area contributed by atoms with Crippen LogP contribution in [0.1, 0.15) is 17.7 Å². The lowest BCUT2D eigenvalue weighted by atomic mass is 10.4. The molecule has 1 aromatic heterocycles. The predicted molar refractivity (Wildman–Crippen MR) is 66.2 cm³/mol. The fraction of sp³-hybridized carbons (Fsp3) is 0.600. The first-order chi connectivity index (χ1) is 6.81. The van der Waals surface area contributed by atoms with Crippen LogP contribution in [0.5, 0.6) is 0 Å². The van der Waals surface area contributed by atoms with E-state index in [1.807, 2.05) is 11.3 Å². The summed E-state index contributed by atoms with van der Waals surface area (Å²) in [6, 6.07) is 2.91. The number of hydrogen-bond donors (Lipinski definition) is 0. The summed E-state index contributed by atoms with van der Waals surface area (Å²) in [6.45, 7) is 2.06. The molecule has 0 N–H and O–H groups in total. The van der Waals surface area contributed by atoms with Gasteiger partial charge in [0, 0.05) is 34.4 Å². The summed E-state index contributed by atoms with van der Waals surface area (Å²) in [4.78, 5) is 3.91. The molecule has 1 aromatic rings. The highest BCUT2D eigenvalue weighted by atomic mass is 79.9. The molecule has 0 aromatic carbocycles. The Kier molecular flexibility index (Phi) is 3.88. The van der Waals surface area contributed by atoms with Crippen molar-refractivity contribution >= 4 is 38.9 Å². The van der Waals surface area contributed by atoms with Gasteiger partial charge in [-0.05, 0) is 40.2 Å². The molecule has 0 atom stereocenters. The monoisotopic (exact) mass is 293 g/mol. The highest BCUT2D eigenvalue weighted by Gasteiger charge is 2.28. The van der Waals surface area contributed by atoms with Crippen molar-refractivity contribution in [3.05, 3.63) is 20.8 Å². The predicted octanol–water partition coefficient (Wildman–Crippen LogP) is 3.71. The minimum atomic E-state index is 0.736. The van der Waals surface area contributed by atoms with E-state index in [0.717, 1.165) is 25.0 Å². The van der Waals surface area contributed by atoms with Crippen LogP contribution in [-0.4, -0.2) is 23.4 Å². The third-order valence-corrected chi connectivity index (χ3v) is 4.55. The quantitative estimate of drug-likeness (QED) is 0.748. The maximum Gasteiger partial charge on any atom is 0.0351 e. The first-order valence-electron chi connectivity index (χ1n) is 4.83. The summed E-state index contributed by atoms with van der Waals surface area (Å²) in [5, 5.41) is 2.13. The summed E-state index contributed by atoms with van der Waals surface area (Å²) in [5.74, 6) is 0.736. The Morgan fingerprint density at radius 2 is 2.36 bits per heavy atom. The average Bonchev–Trinajstić information content (AvgIpc) is 2.93. The standard InChI is InChI=1S/C10H13BrClNS/c11-9-3-6-14-10(9)7-13(5-4-12)8-1-2-8/h3,6,8H,1-2,4-5,7H2. The summed E-state index contributed by atoms with van der Waals surface area (Å²) in [7, 11) is 0. The van der Waals surface area contributed by atoms with Crippen LogP contribution in [0.4, 0.5) is 0 Å². The van der Waals surface area contributed by atoms with Crippen LogP contribution in [0.3, 0.4) is 0 Å². The number of halogens is 2. The van der Waals surface area contributed by atoms with Gasteiger partial charge in [-0.1, -0.05) is 0 Å². The fourth-order valence-electron chi connectivity index (χ4n) is 1.56. The lowest BCUT2D eigenvalue weighted by Crippen LogP contribution is -2.27. The molecular formula is C10H13BrClNS. The first-order valence-corrected chi connectivity index (χ1v) is 7.04. The zero-order chi connectivity index (χ0) is 9.97. The van der Waals surface area contributed by atoms with E-state index in [1.165, 1.54) is 22.2 Å². The van der Waals surface area contributed by atoms with Crippen LogP contribution >= 0.6 is 38.9 Å². The van der Waals surface area contributed by atoms with E-state index >= 15 is 0 Å². The Bertz CT molecular complexity index is 298. The molecule has 14 heavy (non-hydrogen) atoms. The molecule has 0 saturated heterocycles. The molecule has 1 nitrogen and oxygen atoms in total. The lowest BCUT2D eigenvalue weighted by Gasteiger charge is -2.19. The van der Waals surface area contributed by atoms with E-state index in [2.05, 4.69) is 32.3 Å². The molecular weight excluding hydrogens is 282 g/mol. The molecule has 2 rings (SSSR count). The molecule has 1 aliphatic carbocycles. The number of thiophene rings is 1. The zero-order valence-corrected chi connectivity index (χ0v) is 11.0. The first kappa shape index (κ1) is 10.9. The van der Waals surface area contributed by atoms with Gasteiger partial charge in [-0.15, -0.1) is 22.9 Å². The van der Waals surface area contributed by atoms with Gasteiger partial charge in [-0.3, -0.25) is 4.90 Å². The molecule has 0 radical (unpaired) electrons. The Morgan fingerprint density at radius 3 is 2.86 bits per heavy atom. The van der Waals surface area contributed by atoms with Gasteiger partial charge in [-0.25, -0.2) is 0 Å². The molecule has 0 unspecified atom stereocenters. The van der Waals surface area contributed by atoms with Gasteiger partial charge >= 0.3 is 0 Å². The summed E-state index contributed by atoms with van der Waals surface area (Å²) in [5.41, 5.74) is 0. The molecule has 1 fully saturated rings. The molecule has 1 heterocycles. The molecule has 0 spiro atoms. The lowest BCUT2D eigenvalue weighted by molar-refractivity contribution is 0.273. The minimum Gasteiger partial charge on any atom is -0.294 e. The third kappa shape index (κ3) is 2.72. The second-order valence-corrected chi connectivity index (χ2v) is 5.82.